The van der Waals surface area contributed by atoms with Gasteiger partial charge in [-0.1, -0.05) is 5.92 Å². The molecule has 1 saturated heterocycles. The predicted octanol–water partition coefficient (Wildman–Crippen LogP) is 3.89. The first-order chi connectivity index (χ1) is 19.9. The van der Waals surface area contributed by atoms with Crippen LogP contribution in [0.4, 0.5) is 11.5 Å². The lowest BCUT2D eigenvalue weighted by molar-refractivity contribution is -0.126. The van der Waals surface area contributed by atoms with Crippen molar-refractivity contribution in [2.45, 2.75) is 25.7 Å². The Kier molecular flexibility index (Phi) is 7.22. The highest BCUT2D eigenvalue weighted by Crippen LogP contribution is 2.35. The Balaban J connectivity index is 1.17. The molecule has 0 radical (unpaired) electrons. The highest BCUT2D eigenvalue weighted by Gasteiger charge is 2.26. The Bertz CT molecular complexity index is 1770. The van der Waals surface area contributed by atoms with Crippen LogP contribution < -0.4 is 10.1 Å². The van der Waals surface area contributed by atoms with Crippen molar-refractivity contribution in [1.82, 2.24) is 39.0 Å². The van der Waals surface area contributed by atoms with Crippen molar-refractivity contribution < 1.29 is 9.53 Å². The number of pyridine rings is 1. The molecule has 6 rings (SSSR count). The van der Waals surface area contributed by atoms with E-state index in [4.69, 9.17) is 4.74 Å². The lowest BCUT2D eigenvalue weighted by atomic mass is 9.90. The van der Waals surface area contributed by atoms with E-state index in [1.54, 1.807) is 10.8 Å². The van der Waals surface area contributed by atoms with Gasteiger partial charge in [0.15, 0.2) is 11.5 Å². The fraction of sp³-hybridized carbons (Fsp3) is 0.300. The highest BCUT2D eigenvalue weighted by molar-refractivity contribution is 5.93. The molecular formula is C30H31N9O2. The van der Waals surface area contributed by atoms with E-state index in [9.17, 15) is 4.79 Å². The fourth-order valence-corrected chi connectivity index (χ4v) is 5.11. The Hall–Kier alpha value is -4.95. The minimum absolute atomic E-state index is 0.0976. The number of carbonyl (C=O) groups excluding carboxylic acids is 1. The first-order valence-electron chi connectivity index (χ1n) is 13.5. The van der Waals surface area contributed by atoms with Gasteiger partial charge < -0.3 is 15.0 Å². The molecule has 1 fully saturated rings. The standard InChI is InChI=1S/C30H31N9O2/c1-21-17-23(6-7-26(21)41-24-10-15-38-27(18-24)31-19-33-38)35-30-29-25(11-16-39(29)34-20-32-30)22-8-13-37(14-9-22)28(40)5-4-12-36(2)3/h6-7,10-11,15-20,22H,8-9,12-14H2,1-3H3,(H,32,34,35). The van der Waals surface area contributed by atoms with Crippen LogP contribution in [0, 0.1) is 18.8 Å². The van der Waals surface area contributed by atoms with Crippen molar-refractivity contribution in [3.63, 3.8) is 0 Å². The van der Waals surface area contributed by atoms with Crippen LogP contribution in [0.25, 0.3) is 11.2 Å². The first kappa shape index (κ1) is 26.3. The van der Waals surface area contributed by atoms with Crippen molar-refractivity contribution in [3.8, 4) is 23.3 Å². The van der Waals surface area contributed by atoms with Crippen LogP contribution >= 0.6 is 0 Å². The number of piperidine rings is 1. The number of aryl methyl sites for hydroxylation is 1. The molecule has 1 amide bonds. The summed E-state index contributed by atoms with van der Waals surface area (Å²) in [5, 5.41) is 12.0. The Labute approximate surface area is 237 Å². The molecule has 0 spiro atoms. The molecule has 1 aromatic carbocycles. The second-order valence-electron chi connectivity index (χ2n) is 10.4. The number of aromatic nitrogens is 6. The van der Waals surface area contributed by atoms with Crippen molar-refractivity contribution >= 4 is 28.6 Å². The van der Waals surface area contributed by atoms with Crippen LogP contribution in [0.15, 0.2) is 61.4 Å². The number of rotatable bonds is 6. The summed E-state index contributed by atoms with van der Waals surface area (Å²) < 4.78 is 9.68. The van der Waals surface area contributed by atoms with E-state index in [2.05, 4.69) is 43.4 Å². The maximum Gasteiger partial charge on any atom is 0.298 e. The summed E-state index contributed by atoms with van der Waals surface area (Å²) >= 11 is 0. The molecule has 0 aliphatic carbocycles. The van der Waals surface area contributed by atoms with Gasteiger partial charge in [-0.2, -0.15) is 10.2 Å². The SMILES string of the molecule is Cc1cc(Nc2ncnn3ccc(C4CCN(C(=O)C#CCN(C)C)CC4)c23)ccc1Oc1ccn2ncnc2c1. The summed E-state index contributed by atoms with van der Waals surface area (Å²) in [6, 6.07) is 11.8. The summed E-state index contributed by atoms with van der Waals surface area (Å²) in [5.74, 6) is 8.10. The van der Waals surface area contributed by atoms with Gasteiger partial charge in [-0.25, -0.2) is 19.0 Å². The quantitative estimate of drug-likeness (QED) is 0.318. The van der Waals surface area contributed by atoms with E-state index in [-0.39, 0.29) is 5.91 Å². The Morgan fingerprint density at radius 3 is 2.63 bits per heavy atom. The average Bonchev–Trinajstić information content (AvgIpc) is 3.62. The van der Waals surface area contributed by atoms with E-state index >= 15 is 0 Å². The molecule has 41 heavy (non-hydrogen) atoms. The van der Waals surface area contributed by atoms with Crippen LogP contribution in [0.2, 0.25) is 0 Å². The Morgan fingerprint density at radius 1 is 1.05 bits per heavy atom. The number of ether oxygens (including phenoxy) is 1. The minimum Gasteiger partial charge on any atom is -0.457 e. The third-order valence-corrected chi connectivity index (χ3v) is 7.22. The largest absolute Gasteiger partial charge is 0.457 e. The van der Waals surface area contributed by atoms with Crippen molar-refractivity contribution in [2.75, 3.05) is 39.0 Å². The average molecular weight is 550 g/mol. The van der Waals surface area contributed by atoms with Crippen molar-refractivity contribution in [1.29, 1.82) is 0 Å². The zero-order chi connectivity index (χ0) is 28.3. The van der Waals surface area contributed by atoms with E-state index in [1.807, 2.05) is 78.1 Å². The van der Waals surface area contributed by atoms with Gasteiger partial charge in [-0.3, -0.25) is 9.69 Å². The van der Waals surface area contributed by atoms with Gasteiger partial charge in [0, 0.05) is 37.2 Å². The smallest absolute Gasteiger partial charge is 0.298 e. The summed E-state index contributed by atoms with van der Waals surface area (Å²) in [6.45, 7) is 3.94. The third-order valence-electron chi connectivity index (χ3n) is 7.22. The predicted molar refractivity (Wildman–Crippen MR) is 155 cm³/mol. The molecule has 4 aromatic heterocycles. The summed E-state index contributed by atoms with van der Waals surface area (Å²) in [6.07, 6.45) is 8.58. The van der Waals surface area contributed by atoms with Gasteiger partial charge in [0.1, 0.15) is 29.7 Å². The summed E-state index contributed by atoms with van der Waals surface area (Å²) in [7, 11) is 3.88. The molecule has 1 aliphatic rings. The van der Waals surface area contributed by atoms with Gasteiger partial charge >= 0.3 is 0 Å². The third kappa shape index (κ3) is 5.69. The van der Waals surface area contributed by atoms with Crippen LogP contribution in [0.1, 0.15) is 29.9 Å². The van der Waals surface area contributed by atoms with Gasteiger partial charge in [0.25, 0.3) is 5.91 Å². The molecule has 0 unspecified atom stereocenters. The molecule has 0 saturated carbocycles. The molecule has 5 heterocycles. The number of fused-ring (bicyclic) bond motifs is 2. The molecule has 0 atom stereocenters. The van der Waals surface area contributed by atoms with Crippen LogP contribution in [0.3, 0.4) is 0 Å². The topological polar surface area (TPSA) is 105 Å². The summed E-state index contributed by atoms with van der Waals surface area (Å²) in [5.41, 5.74) is 4.72. The number of nitrogens with zero attached hydrogens (tertiary/aromatic N) is 8. The number of nitrogens with one attached hydrogen (secondary N) is 1. The second kappa shape index (κ2) is 11.3. The highest BCUT2D eigenvalue weighted by atomic mass is 16.5. The second-order valence-corrected chi connectivity index (χ2v) is 10.4. The number of carbonyl (C=O) groups is 1. The maximum absolute atomic E-state index is 12.5. The van der Waals surface area contributed by atoms with Crippen LogP contribution in [-0.2, 0) is 4.79 Å². The molecular weight excluding hydrogens is 518 g/mol. The maximum atomic E-state index is 12.5. The molecule has 11 nitrogen and oxygen atoms in total. The molecule has 5 aromatic rings. The van der Waals surface area contributed by atoms with E-state index in [0.717, 1.165) is 46.8 Å². The molecule has 1 aliphatic heterocycles. The number of hydrogen-bond donors (Lipinski definition) is 1. The monoisotopic (exact) mass is 549 g/mol. The van der Waals surface area contributed by atoms with Crippen LogP contribution in [-0.4, -0.2) is 78.6 Å². The molecule has 11 heteroatoms. The number of amides is 1. The van der Waals surface area contributed by atoms with Crippen LogP contribution in [0.5, 0.6) is 11.5 Å². The van der Waals surface area contributed by atoms with Gasteiger partial charge in [-0.15, -0.1) is 0 Å². The normalized spacial score (nSPS) is 13.9. The summed E-state index contributed by atoms with van der Waals surface area (Å²) in [4.78, 5) is 25.1. The fourth-order valence-electron chi connectivity index (χ4n) is 5.11. The number of likely N-dealkylation sites (tertiary alicyclic amines) is 1. The van der Waals surface area contributed by atoms with Crippen molar-refractivity contribution in [3.05, 3.63) is 72.6 Å². The van der Waals surface area contributed by atoms with Crippen molar-refractivity contribution in [2.24, 2.45) is 0 Å². The molecule has 0 bridgehead atoms. The first-order valence-corrected chi connectivity index (χ1v) is 13.5. The van der Waals surface area contributed by atoms with Gasteiger partial charge in [0.2, 0.25) is 0 Å². The zero-order valence-corrected chi connectivity index (χ0v) is 23.3. The number of benzene rings is 1. The minimum atomic E-state index is -0.0976. The van der Waals surface area contributed by atoms with E-state index in [1.165, 1.54) is 11.9 Å². The molecule has 208 valence electrons. The lowest BCUT2D eigenvalue weighted by Crippen LogP contribution is -2.37. The number of anilines is 2. The number of hydrogen-bond acceptors (Lipinski definition) is 8. The Morgan fingerprint density at radius 2 is 1.83 bits per heavy atom. The zero-order valence-electron chi connectivity index (χ0n) is 23.3. The molecule has 1 N–H and O–H groups in total. The van der Waals surface area contributed by atoms with Gasteiger partial charge in [0.05, 0.1) is 6.54 Å². The van der Waals surface area contributed by atoms with Gasteiger partial charge in [-0.05, 0) is 87.2 Å². The van der Waals surface area contributed by atoms with E-state index < -0.39 is 0 Å². The van der Waals surface area contributed by atoms with E-state index in [0.29, 0.717) is 31.3 Å². The lowest BCUT2D eigenvalue weighted by Gasteiger charge is -2.30.